The Morgan fingerprint density at radius 3 is 1.68 bits per heavy atom. The summed E-state index contributed by atoms with van der Waals surface area (Å²) in [5.74, 6) is 1.72. The van der Waals surface area contributed by atoms with E-state index in [0.717, 1.165) is 17.1 Å². The van der Waals surface area contributed by atoms with Gasteiger partial charge in [-0.25, -0.2) is 0 Å². The first-order chi connectivity index (χ1) is 10.6. The molecule has 0 aromatic heterocycles. The van der Waals surface area contributed by atoms with Crippen molar-refractivity contribution >= 4 is 5.78 Å². The van der Waals surface area contributed by atoms with Crippen LogP contribution in [0.1, 0.15) is 35.7 Å². The van der Waals surface area contributed by atoms with Crippen molar-refractivity contribution in [2.75, 3.05) is 14.2 Å². The van der Waals surface area contributed by atoms with Crippen molar-refractivity contribution in [3.8, 4) is 11.5 Å². The highest BCUT2D eigenvalue weighted by molar-refractivity contribution is 6.01. The molecule has 2 aromatic carbocycles. The maximum atomic E-state index is 12.9. The van der Waals surface area contributed by atoms with Crippen molar-refractivity contribution in [1.29, 1.82) is 0 Å². The Morgan fingerprint density at radius 2 is 1.27 bits per heavy atom. The number of ketones is 1. The van der Waals surface area contributed by atoms with Crippen LogP contribution in [0.25, 0.3) is 0 Å². The van der Waals surface area contributed by atoms with Gasteiger partial charge in [0.2, 0.25) is 0 Å². The summed E-state index contributed by atoms with van der Waals surface area (Å²) in [5.41, 5.74) is 1.71. The monoisotopic (exact) mass is 298 g/mol. The SMILES string of the molecule is COc1ccc(C(=O)[C@H](c2ccc(OC)cc2)C(C)C)cc1. The second-order valence-electron chi connectivity index (χ2n) is 5.59. The minimum Gasteiger partial charge on any atom is -0.497 e. The molecule has 0 amide bonds. The van der Waals surface area contributed by atoms with Gasteiger partial charge in [0.25, 0.3) is 0 Å². The molecule has 0 unspecified atom stereocenters. The van der Waals surface area contributed by atoms with Crippen LogP contribution in [-0.2, 0) is 0 Å². The van der Waals surface area contributed by atoms with Crippen molar-refractivity contribution in [1.82, 2.24) is 0 Å². The van der Waals surface area contributed by atoms with E-state index in [1.165, 1.54) is 0 Å². The predicted octanol–water partition coefficient (Wildman–Crippen LogP) is 4.33. The number of carbonyl (C=O) groups excluding carboxylic acids is 1. The van der Waals surface area contributed by atoms with Gasteiger partial charge in [-0.2, -0.15) is 0 Å². The van der Waals surface area contributed by atoms with Crippen molar-refractivity contribution in [3.05, 3.63) is 59.7 Å². The summed E-state index contributed by atoms with van der Waals surface area (Å²) in [6.45, 7) is 4.13. The number of benzene rings is 2. The van der Waals surface area contributed by atoms with Crippen LogP contribution in [0.15, 0.2) is 48.5 Å². The van der Waals surface area contributed by atoms with E-state index in [1.807, 2.05) is 48.5 Å². The summed E-state index contributed by atoms with van der Waals surface area (Å²) in [7, 11) is 3.25. The first-order valence-corrected chi connectivity index (χ1v) is 7.39. The van der Waals surface area contributed by atoms with E-state index < -0.39 is 0 Å². The lowest BCUT2D eigenvalue weighted by atomic mass is 9.82. The lowest BCUT2D eigenvalue weighted by molar-refractivity contribution is 0.0938. The Hall–Kier alpha value is -2.29. The van der Waals surface area contributed by atoms with E-state index in [2.05, 4.69) is 13.8 Å². The Bertz CT molecular complexity index is 612. The molecule has 0 heterocycles. The first kappa shape index (κ1) is 16.1. The van der Waals surface area contributed by atoms with Gasteiger partial charge in [0.1, 0.15) is 11.5 Å². The van der Waals surface area contributed by atoms with Crippen LogP contribution >= 0.6 is 0 Å². The molecule has 116 valence electrons. The van der Waals surface area contributed by atoms with E-state index >= 15 is 0 Å². The van der Waals surface area contributed by atoms with E-state index in [9.17, 15) is 4.79 Å². The number of methoxy groups -OCH3 is 2. The van der Waals surface area contributed by atoms with Gasteiger partial charge in [0, 0.05) is 11.5 Å². The minimum atomic E-state index is -0.167. The number of carbonyl (C=O) groups is 1. The molecule has 2 aromatic rings. The van der Waals surface area contributed by atoms with Crippen LogP contribution in [0.5, 0.6) is 11.5 Å². The van der Waals surface area contributed by atoms with Gasteiger partial charge in [-0.3, -0.25) is 4.79 Å². The Kier molecular flexibility index (Phi) is 5.21. The standard InChI is InChI=1S/C19H22O3/c1-13(2)18(14-5-9-16(21-3)10-6-14)19(20)15-7-11-17(22-4)12-8-15/h5-13,18H,1-4H3/t18-/m0/s1. The zero-order chi connectivity index (χ0) is 16.1. The molecule has 0 saturated heterocycles. The number of hydrogen-bond acceptors (Lipinski definition) is 3. The van der Waals surface area contributed by atoms with Gasteiger partial charge in [-0.1, -0.05) is 26.0 Å². The van der Waals surface area contributed by atoms with Crippen LogP contribution in [0, 0.1) is 5.92 Å². The molecule has 1 atom stereocenters. The topological polar surface area (TPSA) is 35.5 Å². The number of ether oxygens (including phenoxy) is 2. The smallest absolute Gasteiger partial charge is 0.170 e. The van der Waals surface area contributed by atoms with Crippen LogP contribution in [-0.4, -0.2) is 20.0 Å². The molecule has 0 spiro atoms. The highest BCUT2D eigenvalue weighted by Crippen LogP contribution is 2.30. The third-order valence-electron chi connectivity index (χ3n) is 3.80. The maximum absolute atomic E-state index is 12.9. The summed E-state index contributed by atoms with van der Waals surface area (Å²) in [6, 6.07) is 15.0. The fraction of sp³-hybridized carbons (Fsp3) is 0.316. The molecule has 0 N–H and O–H groups in total. The quantitative estimate of drug-likeness (QED) is 0.745. The van der Waals surface area contributed by atoms with E-state index in [-0.39, 0.29) is 17.6 Å². The molecule has 0 aliphatic heterocycles. The highest BCUT2D eigenvalue weighted by atomic mass is 16.5. The Labute approximate surface area is 131 Å². The number of rotatable bonds is 6. The van der Waals surface area contributed by atoms with Crippen molar-refractivity contribution in [3.63, 3.8) is 0 Å². The molecule has 0 fully saturated rings. The number of Topliss-reactive ketones (excluding diaryl/α,β-unsaturated/α-hetero) is 1. The lowest BCUT2D eigenvalue weighted by Gasteiger charge is -2.20. The average molecular weight is 298 g/mol. The molecular formula is C19H22O3. The molecule has 0 radical (unpaired) electrons. The summed E-state index contributed by atoms with van der Waals surface area (Å²) < 4.78 is 10.3. The van der Waals surface area contributed by atoms with E-state index in [1.54, 1.807) is 14.2 Å². The van der Waals surface area contributed by atoms with Crippen LogP contribution in [0.4, 0.5) is 0 Å². The molecular weight excluding hydrogens is 276 g/mol. The zero-order valence-corrected chi connectivity index (χ0v) is 13.5. The Balaban J connectivity index is 2.31. The van der Waals surface area contributed by atoms with Gasteiger partial charge >= 0.3 is 0 Å². The summed E-state index contributed by atoms with van der Waals surface area (Å²) in [6.07, 6.45) is 0. The highest BCUT2D eigenvalue weighted by Gasteiger charge is 2.25. The second-order valence-corrected chi connectivity index (χ2v) is 5.59. The molecule has 0 aliphatic carbocycles. The summed E-state index contributed by atoms with van der Waals surface area (Å²) in [5, 5.41) is 0. The lowest BCUT2D eigenvalue weighted by Crippen LogP contribution is -2.18. The average Bonchev–Trinajstić information content (AvgIpc) is 2.55. The number of hydrogen-bond donors (Lipinski definition) is 0. The largest absolute Gasteiger partial charge is 0.497 e. The molecule has 2 rings (SSSR count). The maximum Gasteiger partial charge on any atom is 0.170 e. The van der Waals surface area contributed by atoms with E-state index in [0.29, 0.717) is 5.56 Å². The zero-order valence-electron chi connectivity index (χ0n) is 13.5. The first-order valence-electron chi connectivity index (χ1n) is 7.39. The molecule has 0 aliphatic rings. The minimum absolute atomic E-state index is 0.128. The third-order valence-corrected chi connectivity index (χ3v) is 3.80. The van der Waals surface area contributed by atoms with Crippen LogP contribution in [0.3, 0.4) is 0 Å². The third kappa shape index (κ3) is 3.48. The van der Waals surface area contributed by atoms with Gasteiger partial charge in [0.15, 0.2) is 5.78 Å². The van der Waals surface area contributed by atoms with E-state index in [4.69, 9.17) is 9.47 Å². The molecule has 0 saturated carbocycles. The van der Waals surface area contributed by atoms with Gasteiger partial charge in [0.05, 0.1) is 14.2 Å². The van der Waals surface area contributed by atoms with Crippen LogP contribution < -0.4 is 9.47 Å². The summed E-state index contributed by atoms with van der Waals surface area (Å²) in [4.78, 5) is 12.9. The summed E-state index contributed by atoms with van der Waals surface area (Å²) >= 11 is 0. The normalized spacial score (nSPS) is 12.0. The van der Waals surface area contributed by atoms with Gasteiger partial charge in [-0.05, 0) is 47.9 Å². The molecule has 3 nitrogen and oxygen atoms in total. The van der Waals surface area contributed by atoms with Gasteiger partial charge < -0.3 is 9.47 Å². The fourth-order valence-electron chi connectivity index (χ4n) is 2.59. The Morgan fingerprint density at radius 1 is 0.818 bits per heavy atom. The van der Waals surface area contributed by atoms with Gasteiger partial charge in [-0.15, -0.1) is 0 Å². The molecule has 22 heavy (non-hydrogen) atoms. The van der Waals surface area contributed by atoms with Crippen molar-refractivity contribution in [2.45, 2.75) is 19.8 Å². The second kappa shape index (κ2) is 7.12. The molecule has 3 heteroatoms. The predicted molar refractivity (Wildman–Crippen MR) is 87.9 cm³/mol. The van der Waals surface area contributed by atoms with Crippen molar-refractivity contribution in [2.24, 2.45) is 5.92 Å². The van der Waals surface area contributed by atoms with Crippen LogP contribution in [0.2, 0.25) is 0 Å². The molecule has 0 bridgehead atoms. The van der Waals surface area contributed by atoms with Crippen molar-refractivity contribution < 1.29 is 14.3 Å². The fourth-order valence-corrected chi connectivity index (χ4v) is 2.59.